The molecule has 35 heavy (non-hydrogen) atoms. The van der Waals surface area contributed by atoms with Gasteiger partial charge in [0.1, 0.15) is 12.1 Å². The molecule has 10 heteroatoms. The summed E-state index contributed by atoms with van der Waals surface area (Å²) in [6, 6.07) is 10.6. The van der Waals surface area contributed by atoms with Crippen LogP contribution in [0.4, 0.5) is 23.2 Å². The zero-order valence-corrected chi connectivity index (χ0v) is 18.7. The van der Waals surface area contributed by atoms with Crippen LogP contribution in [0.2, 0.25) is 0 Å². The molecule has 0 aliphatic carbocycles. The van der Waals surface area contributed by atoms with E-state index in [-0.39, 0.29) is 11.5 Å². The van der Waals surface area contributed by atoms with Crippen LogP contribution in [-0.4, -0.2) is 20.0 Å². The lowest BCUT2D eigenvalue weighted by Gasteiger charge is -2.09. The van der Waals surface area contributed by atoms with E-state index in [1.807, 2.05) is 23.0 Å². The number of nitrogens with zero attached hydrogens (tertiary/aromatic N) is 4. The Morgan fingerprint density at radius 2 is 1.86 bits per heavy atom. The van der Waals surface area contributed by atoms with Crippen LogP contribution in [0.1, 0.15) is 41.1 Å². The third kappa shape index (κ3) is 7.02. The predicted octanol–water partition coefficient (Wildman–Crippen LogP) is 6.23. The average Bonchev–Trinajstić information content (AvgIpc) is 3.52. The second-order valence-corrected chi connectivity index (χ2v) is 7.91. The summed E-state index contributed by atoms with van der Waals surface area (Å²) < 4.78 is 59.8. The van der Waals surface area contributed by atoms with Gasteiger partial charge in [0.15, 0.2) is 0 Å². The molecule has 0 saturated carbocycles. The van der Waals surface area contributed by atoms with Gasteiger partial charge in [-0.1, -0.05) is 23.4 Å². The number of unbranched alkanes of at least 4 members (excludes halogenated alkanes) is 1. The molecule has 0 radical (unpaired) electrons. The van der Waals surface area contributed by atoms with Gasteiger partial charge in [-0.05, 0) is 60.7 Å². The Bertz CT molecular complexity index is 1250. The molecule has 0 saturated heterocycles. The monoisotopic (exact) mass is 485 g/mol. The molecule has 4 rings (SSSR count). The highest BCUT2D eigenvalue weighted by molar-refractivity contribution is 5.68. The summed E-state index contributed by atoms with van der Waals surface area (Å²) in [5, 5.41) is 11.0. The molecule has 0 bridgehead atoms. The topological polar surface area (TPSA) is 68.8 Å². The number of hydrogen-bond acceptors (Lipinski definition) is 5. The molecule has 0 atom stereocenters. The minimum atomic E-state index is -4.67. The Balaban J connectivity index is 1.26. The highest BCUT2D eigenvalue weighted by Crippen LogP contribution is 2.33. The summed E-state index contributed by atoms with van der Waals surface area (Å²) in [6.07, 6.45) is 5.85. The molecule has 4 aromatic rings. The van der Waals surface area contributed by atoms with Gasteiger partial charge in [-0.3, -0.25) is 4.68 Å². The van der Waals surface area contributed by atoms with E-state index in [0.717, 1.165) is 43.6 Å². The summed E-state index contributed by atoms with van der Waals surface area (Å²) >= 11 is 0. The van der Waals surface area contributed by atoms with E-state index in [9.17, 15) is 17.6 Å². The highest BCUT2D eigenvalue weighted by Gasteiger charge is 2.33. The zero-order valence-electron chi connectivity index (χ0n) is 18.7. The van der Waals surface area contributed by atoms with Crippen LogP contribution >= 0.6 is 0 Å². The van der Waals surface area contributed by atoms with Crippen molar-refractivity contribution in [2.24, 2.45) is 0 Å². The summed E-state index contributed by atoms with van der Waals surface area (Å²) in [7, 11) is 0. The second-order valence-electron chi connectivity index (χ2n) is 7.91. The number of aromatic nitrogens is 4. The number of oxazole rings is 1. The van der Waals surface area contributed by atoms with Crippen LogP contribution in [0, 0.1) is 5.82 Å². The third-order valence-electron chi connectivity index (χ3n) is 5.30. The number of benzene rings is 2. The quantitative estimate of drug-likeness (QED) is 0.213. The van der Waals surface area contributed by atoms with Crippen molar-refractivity contribution < 1.29 is 22.0 Å². The van der Waals surface area contributed by atoms with Crippen molar-refractivity contribution in [3.05, 3.63) is 95.2 Å². The average molecular weight is 485 g/mol. The summed E-state index contributed by atoms with van der Waals surface area (Å²) in [6.45, 7) is 1.24. The number of hydrogen-bond donors (Lipinski definition) is 1. The molecule has 1 N–H and O–H groups in total. The number of nitrogens with one attached hydrogen (secondary N) is 1. The molecule has 2 aromatic carbocycles. The number of rotatable bonds is 10. The first kappa shape index (κ1) is 24.2. The van der Waals surface area contributed by atoms with E-state index < -0.39 is 17.6 Å². The van der Waals surface area contributed by atoms with E-state index >= 15 is 0 Å². The van der Waals surface area contributed by atoms with Crippen LogP contribution in [0.25, 0.3) is 12.2 Å². The lowest BCUT2D eigenvalue weighted by atomic mass is 10.1. The molecule has 0 fully saturated rings. The van der Waals surface area contributed by atoms with Gasteiger partial charge in [0.2, 0.25) is 5.89 Å². The zero-order chi connectivity index (χ0) is 24.7. The molecule has 182 valence electrons. The fourth-order valence-electron chi connectivity index (χ4n) is 3.50. The molecular weight excluding hydrogens is 462 g/mol. The molecular formula is C25H23F4N5O. The van der Waals surface area contributed by atoms with E-state index in [1.54, 1.807) is 6.20 Å². The van der Waals surface area contributed by atoms with Gasteiger partial charge in [-0.2, -0.15) is 13.2 Å². The third-order valence-corrected chi connectivity index (χ3v) is 5.30. The molecule has 6 nitrogen and oxygen atoms in total. The van der Waals surface area contributed by atoms with Crippen LogP contribution in [0.15, 0.2) is 65.5 Å². The largest absolute Gasteiger partial charge is 0.445 e. The van der Waals surface area contributed by atoms with Crippen molar-refractivity contribution in [2.75, 3.05) is 5.32 Å². The van der Waals surface area contributed by atoms with Crippen LogP contribution < -0.4 is 5.32 Å². The standard InChI is InChI=1S/C25H23F4N5O/c26-20-8-6-19(23(15-20)25(27,28)29)7-11-24-32-22(17-35-24)16-30-21-9-4-18(5-10-21)3-1-2-13-34-14-12-31-33-34/h4-12,14-15,17,30H,1-3,13,16H2/b11-7+. The van der Waals surface area contributed by atoms with Gasteiger partial charge in [0.05, 0.1) is 24.0 Å². The maximum Gasteiger partial charge on any atom is 0.417 e. The minimum absolute atomic E-state index is 0.153. The van der Waals surface area contributed by atoms with Crippen molar-refractivity contribution in [1.82, 2.24) is 20.0 Å². The van der Waals surface area contributed by atoms with Crippen molar-refractivity contribution in [1.29, 1.82) is 0 Å². The van der Waals surface area contributed by atoms with Crippen LogP contribution in [0.5, 0.6) is 0 Å². The van der Waals surface area contributed by atoms with Crippen molar-refractivity contribution in [3.8, 4) is 0 Å². The Morgan fingerprint density at radius 3 is 2.60 bits per heavy atom. The Labute approximate surface area is 199 Å². The van der Waals surface area contributed by atoms with Gasteiger partial charge < -0.3 is 9.73 Å². The molecule has 2 aromatic heterocycles. The fourth-order valence-corrected chi connectivity index (χ4v) is 3.50. The van der Waals surface area contributed by atoms with Gasteiger partial charge in [-0.25, -0.2) is 9.37 Å². The molecule has 0 aliphatic heterocycles. The molecule has 0 aliphatic rings. The fraction of sp³-hybridized carbons (Fsp3) is 0.240. The SMILES string of the molecule is Fc1ccc(/C=C/c2nc(CNc3ccc(CCCCn4ccnn4)cc3)co2)c(C(F)(F)F)c1. The number of halogens is 4. The van der Waals surface area contributed by atoms with E-state index in [4.69, 9.17) is 4.42 Å². The summed E-state index contributed by atoms with van der Waals surface area (Å²) in [5.74, 6) is -0.796. The molecule has 2 heterocycles. The van der Waals surface area contributed by atoms with Crippen molar-refractivity contribution >= 4 is 17.8 Å². The lowest BCUT2D eigenvalue weighted by Crippen LogP contribution is -2.07. The van der Waals surface area contributed by atoms with Gasteiger partial charge in [-0.15, -0.1) is 5.10 Å². The van der Waals surface area contributed by atoms with Gasteiger partial charge in [0, 0.05) is 24.5 Å². The predicted molar refractivity (Wildman–Crippen MR) is 124 cm³/mol. The van der Waals surface area contributed by atoms with Crippen LogP contribution in [0.3, 0.4) is 0 Å². The normalized spacial score (nSPS) is 11.9. The van der Waals surface area contributed by atoms with Crippen molar-refractivity contribution in [3.63, 3.8) is 0 Å². The summed E-state index contributed by atoms with van der Waals surface area (Å²) in [4.78, 5) is 4.26. The smallest absolute Gasteiger partial charge is 0.417 e. The summed E-state index contributed by atoms with van der Waals surface area (Å²) in [5.41, 5.74) is 1.52. The van der Waals surface area contributed by atoms with Gasteiger partial charge >= 0.3 is 6.18 Å². The Kier molecular flexibility index (Phi) is 7.59. The first-order chi connectivity index (χ1) is 16.9. The van der Waals surface area contributed by atoms with E-state index in [2.05, 4.69) is 32.7 Å². The number of alkyl halides is 3. The first-order valence-corrected chi connectivity index (χ1v) is 11.0. The number of aryl methyl sites for hydroxylation is 2. The molecule has 0 spiro atoms. The molecule has 0 unspecified atom stereocenters. The number of anilines is 1. The van der Waals surface area contributed by atoms with Crippen molar-refractivity contribution in [2.45, 2.75) is 38.5 Å². The first-order valence-electron chi connectivity index (χ1n) is 11.0. The Hall–Kier alpha value is -3.95. The molecule has 0 amide bonds. The van der Waals surface area contributed by atoms with Crippen LogP contribution in [-0.2, 0) is 25.7 Å². The lowest BCUT2D eigenvalue weighted by molar-refractivity contribution is -0.137. The second kappa shape index (κ2) is 11.0. The maximum atomic E-state index is 13.2. The van der Waals surface area contributed by atoms with E-state index in [1.165, 1.54) is 24.0 Å². The Morgan fingerprint density at radius 1 is 1.03 bits per heavy atom. The van der Waals surface area contributed by atoms with Gasteiger partial charge in [0.25, 0.3) is 0 Å². The van der Waals surface area contributed by atoms with E-state index in [0.29, 0.717) is 18.3 Å². The maximum absolute atomic E-state index is 13.2. The highest BCUT2D eigenvalue weighted by atomic mass is 19.4. The minimum Gasteiger partial charge on any atom is -0.445 e.